The summed E-state index contributed by atoms with van der Waals surface area (Å²) in [5.41, 5.74) is 5.42. The third-order valence-corrected chi connectivity index (χ3v) is 11.9. The number of phenols is 1. The van der Waals surface area contributed by atoms with Crippen molar-refractivity contribution in [3.63, 3.8) is 0 Å². The molecule has 4 aliphatic rings. The van der Waals surface area contributed by atoms with E-state index in [1.54, 1.807) is 0 Å². The van der Waals surface area contributed by atoms with E-state index < -0.39 is 11.4 Å². The number of carbonyl (C=O) groups is 1. The van der Waals surface area contributed by atoms with Crippen LogP contribution in [0, 0.1) is 23.1 Å². The van der Waals surface area contributed by atoms with E-state index in [-0.39, 0.29) is 34.8 Å². The molecule has 2 fully saturated rings. The Balaban J connectivity index is 0.869. The molecule has 0 bridgehead atoms. The van der Waals surface area contributed by atoms with E-state index in [0.29, 0.717) is 53.3 Å². The van der Waals surface area contributed by atoms with Gasteiger partial charge in [-0.15, -0.1) is 0 Å². The summed E-state index contributed by atoms with van der Waals surface area (Å²) in [6, 6.07) is 16.1. The minimum absolute atomic E-state index is 0.0818. The second-order valence-electron chi connectivity index (χ2n) is 14.4. The van der Waals surface area contributed by atoms with Gasteiger partial charge in [0.2, 0.25) is 5.91 Å². The van der Waals surface area contributed by atoms with Gasteiger partial charge in [0.15, 0.2) is 0 Å². The first-order valence-electron chi connectivity index (χ1n) is 17.0. The zero-order valence-corrected chi connectivity index (χ0v) is 26.8. The molecule has 0 saturated heterocycles. The van der Waals surface area contributed by atoms with Crippen LogP contribution in [-0.4, -0.2) is 33.9 Å². The SMILES string of the molecule is C[C@H]1c2n[nH]c(=O)c3cc(F)cc(c23)N[C@@H]1c1ccc(NC(=O)CCO[C@H]2CC[C@H]3[C@@H]4CCc5cc(O)ccc5[C@H]4CC[C@]23C)cc1. The predicted molar refractivity (Wildman–Crippen MR) is 179 cm³/mol. The molecule has 1 aromatic heterocycles. The largest absolute Gasteiger partial charge is 0.508 e. The quantitative estimate of drug-likeness (QED) is 0.176. The zero-order chi connectivity index (χ0) is 32.4. The molecule has 0 radical (unpaired) electrons. The third kappa shape index (κ3) is 5.10. The number of benzene rings is 3. The maximum Gasteiger partial charge on any atom is 0.272 e. The molecule has 3 aromatic carbocycles. The van der Waals surface area contributed by atoms with Crippen LogP contribution < -0.4 is 16.2 Å². The maximum atomic E-state index is 14.3. The molecular formula is C38H41FN4O4. The minimum Gasteiger partial charge on any atom is -0.508 e. The van der Waals surface area contributed by atoms with Gasteiger partial charge in [-0.1, -0.05) is 32.0 Å². The number of hydrogen-bond donors (Lipinski definition) is 4. The van der Waals surface area contributed by atoms with Gasteiger partial charge < -0.3 is 20.5 Å². The molecule has 1 aliphatic heterocycles. The van der Waals surface area contributed by atoms with Gasteiger partial charge in [-0.25, -0.2) is 9.49 Å². The Labute approximate surface area is 273 Å². The van der Waals surface area contributed by atoms with Gasteiger partial charge in [-0.3, -0.25) is 9.59 Å². The summed E-state index contributed by atoms with van der Waals surface area (Å²) in [6.45, 7) is 4.83. The summed E-state index contributed by atoms with van der Waals surface area (Å²) in [5.74, 6) is 1.57. The van der Waals surface area contributed by atoms with Crippen molar-refractivity contribution >= 4 is 28.1 Å². The fourth-order valence-electron chi connectivity index (χ4n) is 9.64. The first-order valence-corrected chi connectivity index (χ1v) is 17.0. The van der Waals surface area contributed by atoms with Crippen LogP contribution in [0.4, 0.5) is 15.8 Å². The highest BCUT2D eigenvalue weighted by atomic mass is 19.1. The first kappa shape index (κ1) is 30.1. The smallest absolute Gasteiger partial charge is 0.272 e. The predicted octanol–water partition coefficient (Wildman–Crippen LogP) is 7.31. The van der Waals surface area contributed by atoms with Crippen molar-refractivity contribution in [1.29, 1.82) is 0 Å². The molecule has 8 nitrogen and oxygen atoms in total. The minimum atomic E-state index is -0.481. The number of fused-ring (bicyclic) bond motifs is 5. The number of halogens is 1. The van der Waals surface area contributed by atoms with Crippen molar-refractivity contribution < 1.29 is 19.0 Å². The fourth-order valence-corrected chi connectivity index (χ4v) is 9.64. The van der Waals surface area contributed by atoms with Gasteiger partial charge in [-0.05, 0) is 115 Å². The molecule has 9 heteroatoms. The molecule has 3 aliphatic carbocycles. The van der Waals surface area contributed by atoms with Gasteiger partial charge in [0.05, 0.1) is 36.3 Å². The molecule has 8 rings (SSSR count). The summed E-state index contributed by atoms with van der Waals surface area (Å²) in [6.07, 6.45) is 7.15. The number of carbonyl (C=O) groups excluding carboxylic acids is 1. The average Bonchev–Trinajstić information content (AvgIpc) is 3.39. The van der Waals surface area contributed by atoms with Crippen LogP contribution in [0.15, 0.2) is 59.4 Å². The molecule has 7 atom stereocenters. The molecule has 1 amide bonds. The first-order chi connectivity index (χ1) is 22.7. The number of aryl methyl sites for hydroxylation is 1. The van der Waals surface area contributed by atoms with Gasteiger partial charge in [0.1, 0.15) is 11.6 Å². The van der Waals surface area contributed by atoms with E-state index in [1.165, 1.54) is 36.1 Å². The summed E-state index contributed by atoms with van der Waals surface area (Å²) in [7, 11) is 0. The molecule has 0 spiro atoms. The van der Waals surface area contributed by atoms with E-state index >= 15 is 0 Å². The number of hydrogen-bond acceptors (Lipinski definition) is 6. The number of aromatic hydroxyl groups is 1. The van der Waals surface area contributed by atoms with Crippen molar-refractivity contribution in [3.8, 4) is 5.75 Å². The number of H-pyrrole nitrogens is 1. The highest BCUT2D eigenvalue weighted by molar-refractivity contribution is 5.97. The third-order valence-electron chi connectivity index (χ3n) is 11.9. The van der Waals surface area contributed by atoms with E-state index in [9.17, 15) is 19.1 Å². The topological polar surface area (TPSA) is 116 Å². The Kier molecular flexibility index (Phi) is 7.35. The van der Waals surface area contributed by atoms with Crippen LogP contribution in [0.25, 0.3) is 10.8 Å². The molecule has 2 heterocycles. The number of aromatic amines is 1. The lowest BCUT2D eigenvalue weighted by Crippen LogP contribution is -2.44. The lowest BCUT2D eigenvalue weighted by atomic mass is 9.55. The summed E-state index contributed by atoms with van der Waals surface area (Å²) >= 11 is 0. The number of rotatable bonds is 6. The average molecular weight is 637 g/mol. The summed E-state index contributed by atoms with van der Waals surface area (Å²) < 4.78 is 20.8. The van der Waals surface area contributed by atoms with Crippen LogP contribution >= 0.6 is 0 Å². The monoisotopic (exact) mass is 636 g/mol. The zero-order valence-electron chi connectivity index (χ0n) is 26.8. The second kappa shape index (κ2) is 11.5. The van der Waals surface area contributed by atoms with E-state index in [4.69, 9.17) is 4.74 Å². The van der Waals surface area contributed by atoms with Crippen molar-refractivity contribution in [2.45, 2.75) is 82.8 Å². The van der Waals surface area contributed by atoms with Crippen LogP contribution in [0.5, 0.6) is 5.75 Å². The van der Waals surface area contributed by atoms with Crippen LogP contribution in [0.3, 0.4) is 0 Å². The van der Waals surface area contributed by atoms with E-state index in [1.807, 2.05) is 43.3 Å². The number of ether oxygens (including phenoxy) is 1. The molecule has 47 heavy (non-hydrogen) atoms. The number of nitrogens with one attached hydrogen (secondary N) is 3. The number of phenolic OH excluding ortho intramolecular Hbond substituents is 1. The Bertz CT molecular complexity index is 1930. The standard InChI is InChI=1S/C38H41FN4O4/c1-20-35(41-31-19-23(39)18-29-34(31)36(20)42-43-37(29)46)21-3-6-24(7-4-21)40-33(45)14-16-47-32-12-11-30-28-9-5-22-17-25(44)8-10-26(22)27(28)13-15-38(30,32)2/h3-4,6-8,10,17-20,27-28,30,32,35,41,44H,5,9,11-16H2,1-2H3,(H,40,45)(H,43,46)/t20-,27-,28-,30+,32+,35+,38+/m1/s1. The number of aromatic nitrogens is 2. The molecular weight excluding hydrogens is 595 g/mol. The van der Waals surface area contributed by atoms with Gasteiger partial charge in [0.25, 0.3) is 5.56 Å². The Morgan fingerprint density at radius 3 is 2.77 bits per heavy atom. The Morgan fingerprint density at radius 1 is 1.11 bits per heavy atom. The van der Waals surface area contributed by atoms with Crippen molar-refractivity contribution in [1.82, 2.24) is 10.2 Å². The van der Waals surface area contributed by atoms with Crippen molar-refractivity contribution in [2.75, 3.05) is 17.2 Å². The number of nitrogens with zero attached hydrogens (tertiary/aromatic N) is 1. The molecule has 0 unspecified atom stereocenters. The van der Waals surface area contributed by atoms with Crippen LogP contribution in [0.1, 0.15) is 92.6 Å². The van der Waals surface area contributed by atoms with Gasteiger partial charge in [0, 0.05) is 22.7 Å². The van der Waals surface area contributed by atoms with E-state index in [0.717, 1.165) is 36.9 Å². The molecule has 4 aromatic rings. The molecule has 4 N–H and O–H groups in total. The van der Waals surface area contributed by atoms with Crippen LogP contribution in [-0.2, 0) is 16.0 Å². The van der Waals surface area contributed by atoms with Gasteiger partial charge >= 0.3 is 0 Å². The number of amides is 1. The van der Waals surface area contributed by atoms with Gasteiger partial charge in [-0.2, -0.15) is 5.10 Å². The number of anilines is 2. The second-order valence-corrected chi connectivity index (χ2v) is 14.4. The Hall–Kier alpha value is -4.24. The fraction of sp³-hybridized carbons (Fsp3) is 0.447. The van der Waals surface area contributed by atoms with E-state index in [2.05, 4.69) is 33.8 Å². The summed E-state index contributed by atoms with van der Waals surface area (Å²) in [5, 5.41) is 24.2. The maximum absolute atomic E-state index is 14.3. The highest BCUT2D eigenvalue weighted by Crippen LogP contribution is 2.61. The highest BCUT2D eigenvalue weighted by Gasteiger charge is 2.55. The molecule has 244 valence electrons. The lowest BCUT2D eigenvalue weighted by Gasteiger charge is -2.50. The van der Waals surface area contributed by atoms with Crippen molar-refractivity contribution in [2.24, 2.45) is 17.3 Å². The lowest BCUT2D eigenvalue weighted by molar-refractivity contribution is -0.119. The molecule has 2 saturated carbocycles. The van der Waals surface area contributed by atoms with Crippen molar-refractivity contribution in [3.05, 3.63) is 93.2 Å². The Morgan fingerprint density at radius 2 is 1.94 bits per heavy atom. The van der Waals surface area contributed by atoms with Crippen LogP contribution in [0.2, 0.25) is 0 Å². The summed E-state index contributed by atoms with van der Waals surface area (Å²) in [4.78, 5) is 25.2. The normalized spacial score (nSPS) is 29.0.